The Balaban J connectivity index is 3.01. The van der Waals surface area contributed by atoms with Crippen LogP contribution in [0.4, 0.5) is 0 Å². The Kier molecular flexibility index (Phi) is 3.03. The predicted octanol–water partition coefficient (Wildman–Crippen LogP) is 1.54. The summed E-state index contributed by atoms with van der Waals surface area (Å²) in [5.74, 6) is 0.242. The molecule has 0 aliphatic rings. The summed E-state index contributed by atoms with van der Waals surface area (Å²) >= 11 is 0. The van der Waals surface area contributed by atoms with Gasteiger partial charge in [0.05, 0.1) is 0 Å². The van der Waals surface area contributed by atoms with Gasteiger partial charge in [0, 0.05) is 6.20 Å². The largest absolute Gasteiger partial charge is 0.298 e. The quantitative estimate of drug-likeness (QED) is 0.728. The lowest BCUT2D eigenvalue weighted by atomic mass is 10.0. The Morgan fingerprint density at radius 3 is 2.64 bits per heavy atom. The van der Waals surface area contributed by atoms with Crippen molar-refractivity contribution in [2.75, 3.05) is 0 Å². The molecule has 1 rings (SSSR count). The van der Waals surface area contributed by atoms with Gasteiger partial charge in [-0.2, -0.15) is 10.4 Å². The lowest BCUT2D eigenvalue weighted by Gasteiger charge is -2.17. The van der Waals surface area contributed by atoms with Crippen LogP contribution in [0.15, 0.2) is 12.3 Å². The fourth-order valence-corrected chi connectivity index (χ4v) is 1.51. The highest BCUT2D eigenvalue weighted by molar-refractivity contribution is 5.80. The number of rotatable bonds is 3. The van der Waals surface area contributed by atoms with E-state index in [2.05, 4.69) is 5.10 Å². The van der Waals surface area contributed by atoms with E-state index < -0.39 is 0 Å². The molecule has 0 saturated heterocycles. The van der Waals surface area contributed by atoms with Crippen molar-refractivity contribution in [3.05, 3.63) is 18.0 Å². The number of nitrogens with zero attached hydrogens (tertiary/aromatic N) is 3. The average Bonchev–Trinajstić information content (AvgIpc) is 2.51. The first-order valence-corrected chi connectivity index (χ1v) is 4.52. The molecular formula is C10H13N3O. The summed E-state index contributed by atoms with van der Waals surface area (Å²) in [4.78, 5) is 11.3. The third-order valence-corrected chi connectivity index (χ3v) is 2.06. The van der Waals surface area contributed by atoms with Gasteiger partial charge in [-0.3, -0.25) is 9.48 Å². The lowest BCUT2D eigenvalue weighted by molar-refractivity contribution is -0.121. The van der Waals surface area contributed by atoms with Crippen LogP contribution in [0, 0.1) is 17.2 Å². The van der Waals surface area contributed by atoms with Crippen molar-refractivity contribution < 1.29 is 4.79 Å². The van der Waals surface area contributed by atoms with E-state index in [1.807, 2.05) is 19.9 Å². The molecule has 0 aliphatic heterocycles. The van der Waals surface area contributed by atoms with Gasteiger partial charge in [-0.05, 0) is 18.9 Å². The molecule has 0 fully saturated rings. The van der Waals surface area contributed by atoms with Gasteiger partial charge in [-0.1, -0.05) is 13.8 Å². The Morgan fingerprint density at radius 1 is 1.64 bits per heavy atom. The summed E-state index contributed by atoms with van der Waals surface area (Å²) in [6.07, 6.45) is 1.67. The second-order valence-corrected chi connectivity index (χ2v) is 3.59. The zero-order valence-electron chi connectivity index (χ0n) is 8.56. The summed E-state index contributed by atoms with van der Waals surface area (Å²) < 4.78 is 1.56. The monoisotopic (exact) mass is 191 g/mol. The number of hydrogen-bond acceptors (Lipinski definition) is 3. The predicted molar refractivity (Wildman–Crippen MR) is 51.5 cm³/mol. The van der Waals surface area contributed by atoms with Crippen molar-refractivity contribution in [3.63, 3.8) is 0 Å². The van der Waals surface area contributed by atoms with Crippen molar-refractivity contribution in [1.82, 2.24) is 9.78 Å². The molecule has 14 heavy (non-hydrogen) atoms. The van der Waals surface area contributed by atoms with E-state index in [0.29, 0.717) is 5.69 Å². The van der Waals surface area contributed by atoms with E-state index in [4.69, 9.17) is 5.26 Å². The molecule has 0 radical (unpaired) electrons. The standard InChI is InChI=1S/C10H13N3O/c1-7(2)10(8(3)14)13-5-4-9(6-11)12-13/h4-5,7,10H,1-3H3. The number of Topliss-reactive ketones (excluding diaryl/α,β-unsaturated/α-hetero) is 1. The Labute approximate surface area is 83.1 Å². The second-order valence-electron chi connectivity index (χ2n) is 3.59. The van der Waals surface area contributed by atoms with E-state index in [9.17, 15) is 4.79 Å². The van der Waals surface area contributed by atoms with E-state index in [0.717, 1.165) is 0 Å². The van der Waals surface area contributed by atoms with Crippen LogP contribution in [0.2, 0.25) is 0 Å². The van der Waals surface area contributed by atoms with Gasteiger partial charge in [0.25, 0.3) is 0 Å². The van der Waals surface area contributed by atoms with Crippen LogP contribution in [0.1, 0.15) is 32.5 Å². The van der Waals surface area contributed by atoms with Gasteiger partial charge in [0.1, 0.15) is 12.1 Å². The number of nitriles is 1. The minimum atomic E-state index is -0.267. The molecule has 0 amide bonds. The third kappa shape index (κ3) is 1.99. The fourth-order valence-electron chi connectivity index (χ4n) is 1.51. The number of aromatic nitrogens is 2. The summed E-state index contributed by atoms with van der Waals surface area (Å²) in [5, 5.41) is 12.6. The third-order valence-electron chi connectivity index (χ3n) is 2.06. The molecule has 0 N–H and O–H groups in total. The molecule has 0 spiro atoms. The normalized spacial score (nSPS) is 12.5. The average molecular weight is 191 g/mol. The van der Waals surface area contributed by atoms with Crippen molar-refractivity contribution in [2.45, 2.75) is 26.8 Å². The van der Waals surface area contributed by atoms with Crippen molar-refractivity contribution in [3.8, 4) is 6.07 Å². The topological polar surface area (TPSA) is 58.7 Å². The zero-order chi connectivity index (χ0) is 10.7. The minimum absolute atomic E-state index is 0.0626. The summed E-state index contributed by atoms with van der Waals surface area (Å²) in [6.45, 7) is 5.46. The fraction of sp³-hybridized carbons (Fsp3) is 0.500. The highest BCUT2D eigenvalue weighted by Crippen LogP contribution is 2.17. The molecule has 0 aliphatic carbocycles. The van der Waals surface area contributed by atoms with Crippen molar-refractivity contribution in [1.29, 1.82) is 5.26 Å². The molecule has 0 aromatic carbocycles. The first kappa shape index (κ1) is 10.5. The number of ketones is 1. The Bertz CT molecular complexity index is 373. The number of hydrogen-bond donors (Lipinski definition) is 0. The molecular weight excluding hydrogens is 178 g/mol. The molecule has 1 aromatic heterocycles. The SMILES string of the molecule is CC(=O)C(C(C)C)n1ccc(C#N)n1. The lowest BCUT2D eigenvalue weighted by Crippen LogP contribution is -2.22. The van der Waals surface area contributed by atoms with Crippen molar-refractivity contribution in [2.24, 2.45) is 5.92 Å². The van der Waals surface area contributed by atoms with Crippen LogP contribution in [0.3, 0.4) is 0 Å². The molecule has 1 unspecified atom stereocenters. The molecule has 0 saturated carbocycles. The maximum atomic E-state index is 11.3. The molecule has 0 bridgehead atoms. The van der Waals surface area contributed by atoms with E-state index in [-0.39, 0.29) is 17.7 Å². The number of carbonyl (C=O) groups excluding carboxylic acids is 1. The Morgan fingerprint density at radius 2 is 2.29 bits per heavy atom. The van der Waals surface area contributed by atoms with Crippen LogP contribution in [0.25, 0.3) is 0 Å². The van der Waals surface area contributed by atoms with Crippen molar-refractivity contribution >= 4 is 5.78 Å². The van der Waals surface area contributed by atoms with E-state index >= 15 is 0 Å². The van der Waals surface area contributed by atoms with Crippen LogP contribution in [-0.4, -0.2) is 15.6 Å². The van der Waals surface area contributed by atoms with Gasteiger partial charge in [0.2, 0.25) is 0 Å². The molecule has 1 aromatic rings. The minimum Gasteiger partial charge on any atom is -0.298 e. The molecule has 4 heteroatoms. The van der Waals surface area contributed by atoms with Crippen LogP contribution < -0.4 is 0 Å². The van der Waals surface area contributed by atoms with Gasteiger partial charge in [0.15, 0.2) is 11.5 Å². The second kappa shape index (κ2) is 4.05. The molecule has 74 valence electrons. The Hall–Kier alpha value is -1.63. The summed E-state index contributed by atoms with van der Waals surface area (Å²) in [6, 6.07) is 3.28. The van der Waals surface area contributed by atoms with E-state index in [1.165, 1.54) is 0 Å². The van der Waals surface area contributed by atoms with Gasteiger partial charge >= 0.3 is 0 Å². The van der Waals surface area contributed by atoms with Crippen LogP contribution >= 0.6 is 0 Å². The maximum absolute atomic E-state index is 11.3. The van der Waals surface area contributed by atoms with Crippen LogP contribution in [-0.2, 0) is 4.79 Å². The molecule has 4 nitrogen and oxygen atoms in total. The highest BCUT2D eigenvalue weighted by atomic mass is 16.1. The highest BCUT2D eigenvalue weighted by Gasteiger charge is 2.21. The number of carbonyl (C=O) groups is 1. The summed E-state index contributed by atoms with van der Waals surface area (Å²) in [5.41, 5.74) is 0.344. The van der Waals surface area contributed by atoms with Gasteiger partial charge in [-0.15, -0.1) is 0 Å². The first-order chi connectivity index (χ1) is 6.56. The van der Waals surface area contributed by atoms with Gasteiger partial charge < -0.3 is 0 Å². The van der Waals surface area contributed by atoms with Crippen LogP contribution in [0.5, 0.6) is 0 Å². The van der Waals surface area contributed by atoms with E-state index in [1.54, 1.807) is 23.9 Å². The maximum Gasteiger partial charge on any atom is 0.162 e. The van der Waals surface area contributed by atoms with Gasteiger partial charge in [-0.25, -0.2) is 0 Å². The molecule has 1 atom stereocenters. The zero-order valence-corrected chi connectivity index (χ0v) is 8.56. The first-order valence-electron chi connectivity index (χ1n) is 4.52. The smallest absolute Gasteiger partial charge is 0.162 e. The summed E-state index contributed by atoms with van der Waals surface area (Å²) in [7, 11) is 0. The molecule has 1 heterocycles.